The number of carbonyl (C=O) groups is 1. The molecule has 3 N–H and O–H groups in total. The van der Waals surface area contributed by atoms with Gasteiger partial charge in [-0.15, -0.1) is 11.3 Å². The monoisotopic (exact) mass is 371 g/mol. The van der Waals surface area contributed by atoms with Gasteiger partial charge < -0.3 is 15.6 Å². The van der Waals surface area contributed by atoms with Crippen LogP contribution in [-0.2, 0) is 13.0 Å². The highest BCUT2D eigenvalue weighted by molar-refractivity contribution is 7.22. The summed E-state index contributed by atoms with van der Waals surface area (Å²) in [4.78, 5) is 21.9. The van der Waals surface area contributed by atoms with Crippen LogP contribution in [0.4, 0.5) is 5.13 Å². The van der Waals surface area contributed by atoms with Gasteiger partial charge in [0, 0.05) is 16.9 Å². The molecule has 0 bridgehead atoms. The molecule has 3 aromatic heterocycles. The second-order valence-electron chi connectivity index (χ2n) is 5.28. The normalized spacial score (nSPS) is 11.0. The van der Waals surface area contributed by atoms with Crippen molar-refractivity contribution < 1.29 is 9.32 Å². The SMILES string of the molecule is Nc1nc2cc(C(=O)NCc3nc(Cc4cccs4)no3)ccc2s1. The number of fused-ring (bicyclic) bond motifs is 1. The minimum absolute atomic E-state index is 0.174. The Balaban J connectivity index is 1.40. The lowest BCUT2D eigenvalue weighted by atomic mass is 10.2. The minimum atomic E-state index is -0.230. The van der Waals surface area contributed by atoms with Crippen molar-refractivity contribution in [3.8, 4) is 0 Å². The molecule has 7 nitrogen and oxygen atoms in total. The number of aromatic nitrogens is 3. The smallest absolute Gasteiger partial charge is 0.251 e. The van der Waals surface area contributed by atoms with Gasteiger partial charge in [-0.1, -0.05) is 22.6 Å². The average molecular weight is 371 g/mol. The first-order valence-electron chi connectivity index (χ1n) is 7.45. The maximum absolute atomic E-state index is 12.3. The van der Waals surface area contributed by atoms with Crippen LogP contribution in [0, 0.1) is 0 Å². The summed E-state index contributed by atoms with van der Waals surface area (Å²) < 4.78 is 6.12. The van der Waals surface area contributed by atoms with Crippen LogP contribution in [0.1, 0.15) is 27.0 Å². The van der Waals surface area contributed by atoms with E-state index in [4.69, 9.17) is 10.3 Å². The van der Waals surface area contributed by atoms with Gasteiger partial charge in [0.15, 0.2) is 11.0 Å². The molecule has 0 saturated carbocycles. The van der Waals surface area contributed by atoms with E-state index in [9.17, 15) is 4.79 Å². The van der Waals surface area contributed by atoms with E-state index >= 15 is 0 Å². The lowest BCUT2D eigenvalue weighted by Gasteiger charge is -2.02. The first kappa shape index (κ1) is 15.7. The Morgan fingerprint density at radius 1 is 1.28 bits per heavy atom. The molecular weight excluding hydrogens is 358 g/mol. The summed E-state index contributed by atoms with van der Waals surface area (Å²) >= 11 is 3.03. The average Bonchev–Trinajstić information content (AvgIpc) is 3.32. The molecule has 1 aromatic carbocycles. The third-order valence-electron chi connectivity index (χ3n) is 3.49. The highest BCUT2D eigenvalue weighted by Gasteiger charge is 2.12. The van der Waals surface area contributed by atoms with Crippen LogP contribution in [0.25, 0.3) is 10.2 Å². The molecule has 0 unspecified atom stereocenters. The van der Waals surface area contributed by atoms with E-state index in [1.165, 1.54) is 11.3 Å². The summed E-state index contributed by atoms with van der Waals surface area (Å²) in [5.41, 5.74) is 6.91. The number of rotatable bonds is 5. The molecule has 0 aliphatic carbocycles. The van der Waals surface area contributed by atoms with Crippen LogP contribution in [0.2, 0.25) is 0 Å². The van der Waals surface area contributed by atoms with Gasteiger partial charge in [-0.2, -0.15) is 4.98 Å². The molecule has 3 heterocycles. The number of hydrogen-bond donors (Lipinski definition) is 2. The van der Waals surface area contributed by atoms with E-state index < -0.39 is 0 Å². The highest BCUT2D eigenvalue weighted by Crippen LogP contribution is 2.24. The number of thiophene rings is 1. The Kier molecular flexibility index (Phi) is 4.16. The molecule has 0 saturated heterocycles. The molecule has 0 aliphatic rings. The number of carbonyl (C=O) groups excluding carboxylic acids is 1. The Hall–Kier alpha value is -2.78. The number of hydrogen-bond acceptors (Lipinski definition) is 8. The number of thiazole rings is 1. The zero-order valence-electron chi connectivity index (χ0n) is 12.9. The van der Waals surface area contributed by atoms with Crippen molar-refractivity contribution in [1.82, 2.24) is 20.4 Å². The molecule has 0 fully saturated rings. The lowest BCUT2D eigenvalue weighted by Crippen LogP contribution is -2.22. The van der Waals surface area contributed by atoms with Crippen LogP contribution in [0.15, 0.2) is 40.2 Å². The fourth-order valence-electron chi connectivity index (χ4n) is 2.35. The van der Waals surface area contributed by atoms with Crippen molar-refractivity contribution in [2.24, 2.45) is 0 Å². The molecule has 126 valence electrons. The van der Waals surface area contributed by atoms with Crippen LogP contribution in [-0.4, -0.2) is 21.0 Å². The minimum Gasteiger partial charge on any atom is -0.375 e. The fraction of sp³-hybridized carbons (Fsp3) is 0.125. The summed E-state index contributed by atoms with van der Waals surface area (Å²) in [7, 11) is 0. The van der Waals surface area contributed by atoms with Crippen LogP contribution in [0.5, 0.6) is 0 Å². The number of anilines is 1. The predicted molar refractivity (Wildman–Crippen MR) is 96.6 cm³/mol. The van der Waals surface area contributed by atoms with Gasteiger partial charge in [-0.3, -0.25) is 4.79 Å². The molecular formula is C16H13N5O2S2. The largest absolute Gasteiger partial charge is 0.375 e. The first-order valence-corrected chi connectivity index (χ1v) is 9.15. The molecule has 25 heavy (non-hydrogen) atoms. The number of amides is 1. The Morgan fingerprint density at radius 2 is 2.20 bits per heavy atom. The maximum Gasteiger partial charge on any atom is 0.251 e. The van der Waals surface area contributed by atoms with Crippen LogP contribution >= 0.6 is 22.7 Å². The maximum atomic E-state index is 12.3. The standard InChI is InChI=1S/C16H13N5O2S2/c17-16-19-11-6-9(3-4-12(11)25-16)15(22)18-8-14-20-13(21-23-14)7-10-2-1-5-24-10/h1-6H,7-8H2,(H2,17,19)(H,18,22). The van der Waals surface area contributed by atoms with E-state index in [0.29, 0.717) is 34.3 Å². The van der Waals surface area contributed by atoms with E-state index in [2.05, 4.69) is 20.4 Å². The van der Waals surface area contributed by atoms with Crippen molar-refractivity contribution in [2.45, 2.75) is 13.0 Å². The van der Waals surface area contributed by atoms with E-state index in [0.717, 1.165) is 9.58 Å². The number of nitrogens with zero attached hydrogens (tertiary/aromatic N) is 3. The van der Waals surface area contributed by atoms with Crippen molar-refractivity contribution in [3.05, 3.63) is 57.9 Å². The highest BCUT2D eigenvalue weighted by atomic mass is 32.1. The number of benzene rings is 1. The van der Waals surface area contributed by atoms with Gasteiger partial charge in [-0.05, 0) is 29.6 Å². The number of nitrogen functional groups attached to an aromatic ring is 1. The van der Waals surface area contributed by atoms with Crippen LogP contribution in [0.3, 0.4) is 0 Å². The topological polar surface area (TPSA) is 107 Å². The van der Waals surface area contributed by atoms with E-state index in [1.807, 2.05) is 23.6 Å². The first-order chi connectivity index (χ1) is 12.2. The molecule has 4 rings (SSSR count). The summed E-state index contributed by atoms with van der Waals surface area (Å²) in [5, 5.41) is 9.19. The molecule has 0 spiro atoms. The van der Waals surface area contributed by atoms with Crippen molar-refractivity contribution in [2.75, 3.05) is 5.73 Å². The summed E-state index contributed by atoms with van der Waals surface area (Å²) in [6, 6.07) is 9.29. The summed E-state index contributed by atoms with van der Waals surface area (Å²) in [6.07, 6.45) is 0.622. The molecule has 0 atom stereocenters. The molecule has 0 radical (unpaired) electrons. The van der Waals surface area contributed by atoms with Crippen LogP contribution < -0.4 is 11.1 Å². The second-order valence-corrected chi connectivity index (χ2v) is 7.37. The molecule has 0 aliphatic heterocycles. The predicted octanol–water partition coefficient (Wildman–Crippen LogP) is 2.84. The van der Waals surface area contributed by atoms with Gasteiger partial charge in [0.1, 0.15) is 0 Å². The van der Waals surface area contributed by atoms with Crippen molar-refractivity contribution in [1.29, 1.82) is 0 Å². The van der Waals surface area contributed by atoms with Crippen molar-refractivity contribution in [3.63, 3.8) is 0 Å². The molecule has 1 amide bonds. The zero-order chi connectivity index (χ0) is 17.2. The van der Waals surface area contributed by atoms with Gasteiger partial charge in [-0.25, -0.2) is 4.98 Å². The summed E-state index contributed by atoms with van der Waals surface area (Å²) in [6.45, 7) is 0.174. The quantitative estimate of drug-likeness (QED) is 0.559. The Bertz CT molecular complexity index is 1020. The van der Waals surface area contributed by atoms with Gasteiger partial charge in [0.05, 0.1) is 16.8 Å². The van der Waals surface area contributed by atoms with Crippen molar-refractivity contribution >= 4 is 43.9 Å². The fourth-order valence-corrected chi connectivity index (χ4v) is 3.76. The number of nitrogens with one attached hydrogen (secondary N) is 1. The zero-order valence-corrected chi connectivity index (χ0v) is 14.6. The van der Waals surface area contributed by atoms with E-state index in [1.54, 1.807) is 23.5 Å². The third kappa shape index (κ3) is 3.52. The Labute approximate surface area is 150 Å². The van der Waals surface area contributed by atoms with Gasteiger partial charge in [0.25, 0.3) is 5.91 Å². The third-order valence-corrected chi connectivity index (χ3v) is 5.23. The Morgan fingerprint density at radius 3 is 3.04 bits per heavy atom. The number of nitrogens with two attached hydrogens (primary N) is 1. The van der Waals surface area contributed by atoms with E-state index in [-0.39, 0.29) is 12.5 Å². The second kappa shape index (κ2) is 6.61. The lowest BCUT2D eigenvalue weighted by molar-refractivity contribution is 0.0946. The van der Waals surface area contributed by atoms with Gasteiger partial charge >= 0.3 is 0 Å². The molecule has 9 heteroatoms. The van der Waals surface area contributed by atoms with Gasteiger partial charge in [0.2, 0.25) is 5.89 Å². The summed E-state index contributed by atoms with van der Waals surface area (Å²) in [5.74, 6) is 0.747. The molecule has 4 aromatic rings.